The molecule has 1 aliphatic carbocycles. The third-order valence-electron chi connectivity index (χ3n) is 1.39. The van der Waals surface area contributed by atoms with Crippen LogP contribution in [0.5, 0.6) is 0 Å². The van der Waals surface area contributed by atoms with Crippen molar-refractivity contribution in [2.24, 2.45) is 0 Å². The van der Waals surface area contributed by atoms with E-state index >= 15 is 0 Å². The molecule has 0 saturated carbocycles. The van der Waals surface area contributed by atoms with Crippen LogP contribution in [0.2, 0.25) is 0 Å². The molecule has 0 nitrogen and oxygen atoms in total. The van der Waals surface area contributed by atoms with Gasteiger partial charge in [-0.15, -0.1) is 0 Å². The Balaban J connectivity index is 2.91. The van der Waals surface area contributed by atoms with Crippen molar-refractivity contribution < 1.29 is 17.6 Å². The highest BCUT2D eigenvalue weighted by Gasteiger charge is 2.34. The van der Waals surface area contributed by atoms with Crippen LogP contribution in [0.1, 0.15) is 6.42 Å². The van der Waals surface area contributed by atoms with E-state index in [1.165, 1.54) is 0 Å². The molecule has 68 valence electrons. The van der Waals surface area contributed by atoms with Gasteiger partial charge in [-0.1, -0.05) is 15.9 Å². The third kappa shape index (κ3) is 2.33. The summed E-state index contributed by atoms with van der Waals surface area (Å²) < 4.78 is 48.8. The molecule has 5 heteroatoms. The normalized spacial score (nSPS) is 24.9. The van der Waals surface area contributed by atoms with Crippen LogP contribution in [-0.4, -0.2) is 12.3 Å². The zero-order valence-corrected chi connectivity index (χ0v) is 7.41. The Morgan fingerprint density at radius 2 is 2.00 bits per heavy atom. The molecule has 0 radical (unpaired) electrons. The first-order valence-electron chi connectivity index (χ1n) is 3.19. The molecule has 1 atom stereocenters. The van der Waals surface area contributed by atoms with Crippen molar-refractivity contribution >= 4 is 15.9 Å². The highest BCUT2D eigenvalue weighted by Crippen LogP contribution is 2.34. The molecule has 0 saturated heterocycles. The van der Waals surface area contributed by atoms with Crippen LogP contribution >= 0.6 is 15.9 Å². The summed E-state index contributed by atoms with van der Waals surface area (Å²) in [4.78, 5) is 0. The summed E-state index contributed by atoms with van der Waals surface area (Å²) >= 11 is 2.84. The lowest BCUT2D eigenvalue weighted by molar-refractivity contribution is -0.0890. The van der Waals surface area contributed by atoms with Crippen LogP contribution in [0.15, 0.2) is 22.2 Å². The van der Waals surface area contributed by atoms with Gasteiger partial charge in [-0.3, -0.25) is 0 Å². The molecule has 0 aliphatic heterocycles. The molecule has 0 aromatic rings. The summed E-state index contributed by atoms with van der Waals surface area (Å²) in [6, 6.07) is 0. The van der Waals surface area contributed by atoms with Crippen LogP contribution in [0.25, 0.3) is 0 Å². The van der Waals surface area contributed by atoms with Crippen molar-refractivity contribution in [1.82, 2.24) is 0 Å². The van der Waals surface area contributed by atoms with Crippen LogP contribution in [-0.2, 0) is 0 Å². The molecule has 0 spiro atoms. The fraction of sp³-hybridized carbons (Fsp3) is 0.429. The maximum atomic E-state index is 12.6. The van der Waals surface area contributed by atoms with E-state index in [1.54, 1.807) is 0 Å². The van der Waals surface area contributed by atoms with E-state index in [1.807, 2.05) is 0 Å². The smallest absolute Gasteiger partial charge is 0.243 e. The van der Waals surface area contributed by atoms with Crippen LogP contribution in [0, 0.1) is 0 Å². The fourth-order valence-electron chi connectivity index (χ4n) is 0.892. The number of halogens is 5. The van der Waals surface area contributed by atoms with Gasteiger partial charge in [0.1, 0.15) is 6.17 Å². The standard InChI is InChI=1S/C7H5BrF4/c8-5-1-4(7(10,11)12)2-6(9)3-5/h1-2,6H,3H2. The molecule has 0 aromatic carbocycles. The van der Waals surface area contributed by atoms with Gasteiger partial charge < -0.3 is 0 Å². The lowest BCUT2D eigenvalue weighted by Gasteiger charge is -2.15. The van der Waals surface area contributed by atoms with Crippen molar-refractivity contribution in [1.29, 1.82) is 0 Å². The molecule has 1 aliphatic rings. The van der Waals surface area contributed by atoms with E-state index in [4.69, 9.17) is 0 Å². The van der Waals surface area contributed by atoms with Gasteiger partial charge in [0.15, 0.2) is 0 Å². The van der Waals surface area contributed by atoms with Crippen molar-refractivity contribution in [3.05, 3.63) is 22.2 Å². The minimum absolute atomic E-state index is 0.0143. The average molecular weight is 245 g/mol. The van der Waals surface area contributed by atoms with E-state index < -0.39 is 17.9 Å². The Bertz CT molecular complexity index is 238. The second-order valence-electron chi connectivity index (χ2n) is 2.43. The quantitative estimate of drug-likeness (QED) is 0.573. The van der Waals surface area contributed by atoms with Gasteiger partial charge in [0.05, 0.1) is 5.57 Å². The van der Waals surface area contributed by atoms with Crippen molar-refractivity contribution in [2.75, 3.05) is 0 Å². The van der Waals surface area contributed by atoms with Crippen LogP contribution in [0.4, 0.5) is 17.6 Å². The Morgan fingerprint density at radius 3 is 2.42 bits per heavy atom. The molecule has 0 heterocycles. The largest absolute Gasteiger partial charge is 0.416 e. The Labute approximate surface area is 75.1 Å². The summed E-state index contributed by atoms with van der Waals surface area (Å²) in [5.41, 5.74) is -0.923. The predicted molar refractivity (Wildman–Crippen MR) is 40.7 cm³/mol. The first-order valence-corrected chi connectivity index (χ1v) is 3.98. The fourth-order valence-corrected chi connectivity index (χ4v) is 1.45. The zero-order chi connectivity index (χ0) is 9.35. The summed E-state index contributed by atoms with van der Waals surface area (Å²) in [5.74, 6) is 0. The summed E-state index contributed by atoms with van der Waals surface area (Å²) in [6.45, 7) is 0. The van der Waals surface area contributed by atoms with Crippen LogP contribution < -0.4 is 0 Å². The van der Waals surface area contributed by atoms with E-state index in [-0.39, 0.29) is 10.9 Å². The molecule has 0 fully saturated rings. The van der Waals surface area contributed by atoms with Crippen molar-refractivity contribution in [3.63, 3.8) is 0 Å². The number of hydrogen-bond acceptors (Lipinski definition) is 0. The van der Waals surface area contributed by atoms with E-state index in [2.05, 4.69) is 15.9 Å². The maximum Gasteiger partial charge on any atom is 0.416 e. The zero-order valence-electron chi connectivity index (χ0n) is 5.83. The van der Waals surface area contributed by atoms with Gasteiger partial charge in [-0.25, -0.2) is 4.39 Å². The highest BCUT2D eigenvalue weighted by atomic mass is 79.9. The van der Waals surface area contributed by atoms with Gasteiger partial charge in [0.25, 0.3) is 0 Å². The van der Waals surface area contributed by atoms with Gasteiger partial charge in [0, 0.05) is 6.42 Å². The van der Waals surface area contributed by atoms with Gasteiger partial charge in [-0.2, -0.15) is 13.2 Å². The maximum absolute atomic E-state index is 12.6. The first kappa shape index (κ1) is 9.77. The second kappa shape index (κ2) is 3.20. The summed E-state index contributed by atoms with van der Waals surface area (Å²) in [6.07, 6.45) is -4.52. The SMILES string of the molecule is FC1C=C(C(F)(F)F)C=C(Br)C1. The lowest BCUT2D eigenvalue weighted by Crippen LogP contribution is -2.15. The molecular formula is C7H5BrF4. The number of allylic oxidation sites excluding steroid dienone is 4. The minimum Gasteiger partial charge on any atom is -0.243 e. The van der Waals surface area contributed by atoms with Crippen LogP contribution in [0.3, 0.4) is 0 Å². The lowest BCUT2D eigenvalue weighted by atomic mass is 10.1. The first-order chi connectivity index (χ1) is 5.39. The molecule has 0 aromatic heterocycles. The average Bonchev–Trinajstić information content (AvgIpc) is 1.82. The third-order valence-corrected chi connectivity index (χ3v) is 1.94. The highest BCUT2D eigenvalue weighted by molar-refractivity contribution is 9.11. The molecule has 0 bridgehead atoms. The van der Waals surface area contributed by atoms with Crippen molar-refractivity contribution in [3.8, 4) is 0 Å². The van der Waals surface area contributed by atoms with Gasteiger partial charge in [0.2, 0.25) is 0 Å². The number of rotatable bonds is 0. The molecule has 12 heavy (non-hydrogen) atoms. The van der Waals surface area contributed by atoms with E-state index in [9.17, 15) is 17.6 Å². The molecule has 0 amide bonds. The van der Waals surface area contributed by atoms with E-state index in [0.717, 1.165) is 6.08 Å². The second-order valence-corrected chi connectivity index (χ2v) is 3.45. The Kier molecular flexibility index (Phi) is 2.61. The Hall–Kier alpha value is -0.320. The minimum atomic E-state index is -4.45. The molecule has 0 N–H and O–H groups in total. The van der Waals surface area contributed by atoms with Gasteiger partial charge in [-0.05, 0) is 16.6 Å². The molecule has 1 unspecified atom stereocenters. The molecular weight excluding hydrogens is 240 g/mol. The number of alkyl halides is 4. The number of hydrogen-bond donors (Lipinski definition) is 0. The molecule has 1 rings (SSSR count). The summed E-state index contributed by atoms with van der Waals surface area (Å²) in [7, 11) is 0. The van der Waals surface area contributed by atoms with E-state index in [0.29, 0.717) is 6.08 Å². The monoisotopic (exact) mass is 244 g/mol. The topological polar surface area (TPSA) is 0 Å². The van der Waals surface area contributed by atoms with Crippen molar-refractivity contribution in [2.45, 2.75) is 18.8 Å². The Morgan fingerprint density at radius 1 is 1.42 bits per heavy atom. The predicted octanol–water partition coefficient (Wildman–Crippen LogP) is 3.50. The van der Waals surface area contributed by atoms with Gasteiger partial charge >= 0.3 is 6.18 Å². The summed E-state index contributed by atoms with van der Waals surface area (Å²) in [5, 5.41) is 0.